The molecular weight excluding hydrogens is 275 g/mol. The van der Waals surface area contributed by atoms with E-state index in [1.54, 1.807) is 29.8 Å². The van der Waals surface area contributed by atoms with Crippen molar-refractivity contribution in [2.24, 2.45) is 0 Å². The maximum atomic E-state index is 6.11. The molecule has 0 bridgehead atoms. The minimum absolute atomic E-state index is 0.301. The van der Waals surface area contributed by atoms with Crippen LogP contribution >= 0.6 is 34.5 Å². The van der Waals surface area contributed by atoms with Crippen LogP contribution in [0.25, 0.3) is 0 Å². The lowest BCUT2D eigenvalue weighted by Crippen LogP contribution is -2.07. The smallest absolute Gasteiger partial charge is 0.0934 e. The fourth-order valence-electron chi connectivity index (χ4n) is 2.15. The highest BCUT2D eigenvalue weighted by Crippen LogP contribution is 2.41. The Labute approximate surface area is 114 Å². The molecule has 88 valence electrons. The zero-order chi connectivity index (χ0) is 11.8. The number of hydrogen-bond donors (Lipinski definition) is 1. The van der Waals surface area contributed by atoms with Gasteiger partial charge in [0.2, 0.25) is 0 Å². The number of pyridine rings is 1. The van der Waals surface area contributed by atoms with Crippen LogP contribution in [0.1, 0.15) is 22.9 Å². The SMILES string of the molecule is Clc1cc2c(s1)CCC2Nc1cnccc1Cl. The highest BCUT2D eigenvalue weighted by atomic mass is 35.5. The van der Waals surface area contributed by atoms with Crippen molar-refractivity contribution >= 4 is 40.2 Å². The second-order valence-corrected chi connectivity index (χ2v) is 6.20. The minimum atomic E-state index is 0.301. The molecular formula is C12H10Cl2N2S. The third-order valence-corrected chi connectivity index (χ3v) is 4.61. The number of anilines is 1. The molecule has 1 aliphatic rings. The molecule has 1 atom stereocenters. The average Bonchev–Trinajstić information content (AvgIpc) is 2.82. The van der Waals surface area contributed by atoms with Gasteiger partial charge in [-0.2, -0.15) is 0 Å². The molecule has 3 rings (SSSR count). The standard InChI is InChI=1S/C12H10Cl2N2S/c13-8-3-4-15-6-10(8)16-9-1-2-11-7(9)5-12(14)17-11/h3-6,9,16H,1-2H2. The van der Waals surface area contributed by atoms with Crippen molar-refractivity contribution < 1.29 is 0 Å². The summed E-state index contributed by atoms with van der Waals surface area (Å²) < 4.78 is 0.860. The molecule has 0 saturated carbocycles. The van der Waals surface area contributed by atoms with Gasteiger partial charge >= 0.3 is 0 Å². The van der Waals surface area contributed by atoms with E-state index in [2.05, 4.69) is 16.4 Å². The van der Waals surface area contributed by atoms with E-state index in [0.29, 0.717) is 11.1 Å². The highest BCUT2D eigenvalue weighted by Gasteiger charge is 2.25. The molecule has 1 aliphatic carbocycles. The summed E-state index contributed by atoms with van der Waals surface area (Å²) in [6, 6.07) is 4.15. The number of hydrogen-bond acceptors (Lipinski definition) is 3. The first kappa shape index (κ1) is 11.3. The van der Waals surface area contributed by atoms with Gasteiger partial charge in [0.15, 0.2) is 0 Å². The third kappa shape index (κ3) is 2.15. The molecule has 0 radical (unpaired) electrons. The van der Waals surface area contributed by atoms with Gasteiger partial charge in [-0.05, 0) is 30.5 Å². The number of aromatic nitrogens is 1. The van der Waals surface area contributed by atoms with Gasteiger partial charge < -0.3 is 5.32 Å². The molecule has 0 spiro atoms. The van der Waals surface area contributed by atoms with Crippen LogP contribution in [0, 0.1) is 0 Å². The number of fused-ring (bicyclic) bond motifs is 1. The summed E-state index contributed by atoms with van der Waals surface area (Å²) in [5.74, 6) is 0. The predicted molar refractivity (Wildman–Crippen MR) is 73.3 cm³/mol. The largest absolute Gasteiger partial charge is 0.376 e. The molecule has 0 aromatic carbocycles. The van der Waals surface area contributed by atoms with Crippen molar-refractivity contribution in [3.63, 3.8) is 0 Å². The van der Waals surface area contributed by atoms with Crippen LogP contribution in [-0.2, 0) is 6.42 Å². The van der Waals surface area contributed by atoms with E-state index in [1.807, 2.05) is 0 Å². The molecule has 2 nitrogen and oxygen atoms in total. The van der Waals surface area contributed by atoms with Crippen LogP contribution in [-0.4, -0.2) is 4.98 Å². The van der Waals surface area contributed by atoms with E-state index in [-0.39, 0.29) is 0 Å². The Morgan fingerprint density at radius 1 is 1.41 bits per heavy atom. The van der Waals surface area contributed by atoms with Gasteiger partial charge in [-0.25, -0.2) is 0 Å². The summed E-state index contributed by atoms with van der Waals surface area (Å²) in [4.78, 5) is 5.46. The number of halogens is 2. The Hall–Kier alpha value is -0.770. The highest BCUT2D eigenvalue weighted by molar-refractivity contribution is 7.16. The van der Waals surface area contributed by atoms with Gasteiger partial charge in [0.05, 0.1) is 27.3 Å². The van der Waals surface area contributed by atoms with Crippen LogP contribution in [0.3, 0.4) is 0 Å². The Morgan fingerprint density at radius 3 is 3.12 bits per heavy atom. The summed E-state index contributed by atoms with van der Waals surface area (Å²) >= 11 is 13.8. The normalized spacial score (nSPS) is 18.1. The summed E-state index contributed by atoms with van der Waals surface area (Å²) in [5.41, 5.74) is 2.19. The first-order chi connectivity index (χ1) is 8.24. The maximum Gasteiger partial charge on any atom is 0.0934 e. The number of nitrogens with one attached hydrogen (secondary N) is 1. The quantitative estimate of drug-likeness (QED) is 0.875. The average molecular weight is 285 g/mol. The van der Waals surface area contributed by atoms with Crippen molar-refractivity contribution in [1.29, 1.82) is 0 Å². The lowest BCUT2D eigenvalue weighted by molar-refractivity contribution is 0.761. The molecule has 5 heteroatoms. The van der Waals surface area contributed by atoms with Crippen LogP contribution in [0.2, 0.25) is 9.36 Å². The van der Waals surface area contributed by atoms with E-state index in [4.69, 9.17) is 23.2 Å². The monoisotopic (exact) mass is 284 g/mol. The fourth-order valence-corrected chi connectivity index (χ4v) is 3.67. The summed E-state index contributed by atoms with van der Waals surface area (Å²) in [7, 11) is 0. The molecule has 2 aromatic rings. The first-order valence-corrected chi connectivity index (χ1v) is 6.95. The molecule has 2 heterocycles. The van der Waals surface area contributed by atoms with Gasteiger partial charge in [-0.15, -0.1) is 11.3 Å². The Balaban J connectivity index is 1.86. The van der Waals surface area contributed by atoms with E-state index in [9.17, 15) is 0 Å². The molecule has 1 unspecified atom stereocenters. The molecule has 0 aliphatic heterocycles. The number of nitrogens with zero attached hydrogens (tertiary/aromatic N) is 1. The third-order valence-electron chi connectivity index (χ3n) is 2.94. The van der Waals surface area contributed by atoms with Crippen molar-refractivity contribution in [3.8, 4) is 0 Å². The summed E-state index contributed by atoms with van der Waals surface area (Å²) in [5, 5.41) is 4.14. The summed E-state index contributed by atoms with van der Waals surface area (Å²) in [6.45, 7) is 0. The molecule has 0 amide bonds. The second-order valence-electron chi connectivity index (χ2n) is 4.02. The van der Waals surface area contributed by atoms with Crippen molar-refractivity contribution in [1.82, 2.24) is 4.98 Å². The van der Waals surface area contributed by atoms with Gasteiger partial charge in [0, 0.05) is 11.1 Å². The second kappa shape index (κ2) is 4.48. The Bertz CT molecular complexity index is 553. The maximum absolute atomic E-state index is 6.11. The van der Waals surface area contributed by atoms with E-state index in [1.165, 1.54) is 10.4 Å². The Kier molecular flexibility index (Phi) is 2.99. The number of rotatable bonds is 2. The minimum Gasteiger partial charge on any atom is -0.376 e. The van der Waals surface area contributed by atoms with E-state index < -0.39 is 0 Å². The van der Waals surface area contributed by atoms with Crippen LogP contribution in [0.4, 0.5) is 5.69 Å². The number of aryl methyl sites for hydroxylation is 1. The molecule has 2 aromatic heterocycles. The topological polar surface area (TPSA) is 24.9 Å². The van der Waals surface area contributed by atoms with Gasteiger partial charge in [-0.1, -0.05) is 23.2 Å². The zero-order valence-electron chi connectivity index (χ0n) is 8.91. The van der Waals surface area contributed by atoms with Gasteiger partial charge in [0.1, 0.15) is 0 Å². The molecule has 0 fully saturated rings. The Morgan fingerprint density at radius 2 is 2.29 bits per heavy atom. The lowest BCUT2D eigenvalue weighted by atomic mass is 10.1. The zero-order valence-corrected chi connectivity index (χ0v) is 11.2. The van der Waals surface area contributed by atoms with Crippen molar-refractivity contribution in [2.75, 3.05) is 5.32 Å². The fraction of sp³-hybridized carbons (Fsp3) is 0.250. The van der Waals surface area contributed by atoms with Crippen LogP contribution in [0.5, 0.6) is 0 Å². The van der Waals surface area contributed by atoms with Crippen molar-refractivity contribution in [3.05, 3.63) is 44.3 Å². The lowest BCUT2D eigenvalue weighted by Gasteiger charge is -2.15. The predicted octanol–water partition coefficient (Wildman–Crippen LogP) is 4.55. The van der Waals surface area contributed by atoms with Crippen molar-refractivity contribution in [2.45, 2.75) is 18.9 Å². The van der Waals surface area contributed by atoms with Gasteiger partial charge in [0.25, 0.3) is 0 Å². The summed E-state index contributed by atoms with van der Waals surface area (Å²) in [6.07, 6.45) is 5.62. The van der Waals surface area contributed by atoms with Crippen LogP contribution < -0.4 is 5.32 Å². The van der Waals surface area contributed by atoms with E-state index in [0.717, 1.165) is 22.9 Å². The van der Waals surface area contributed by atoms with E-state index >= 15 is 0 Å². The number of thiophene rings is 1. The molecule has 1 N–H and O–H groups in total. The molecule has 0 saturated heterocycles. The first-order valence-electron chi connectivity index (χ1n) is 5.38. The van der Waals surface area contributed by atoms with Crippen LogP contribution in [0.15, 0.2) is 24.5 Å². The van der Waals surface area contributed by atoms with Gasteiger partial charge in [-0.3, -0.25) is 4.98 Å². The molecule has 17 heavy (non-hydrogen) atoms.